The molecule has 0 bridgehead atoms. The molecule has 0 saturated carbocycles. The lowest BCUT2D eigenvalue weighted by molar-refractivity contribution is -0.113. The van der Waals surface area contributed by atoms with Crippen LogP contribution in [-0.4, -0.2) is 33.5 Å². The van der Waals surface area contributed by atoms with Crippen molar-refractivity contribution in [3.05, 3.63) is 77.5 Å². The minimum absolute atomic E-state index is 0.0587. The molecule has 10 heteroatoms. The fourth-order valence-corrected chi connectivity index (χ4v) is 3.89. The lowest BCUT2D eigenvalue weighted by Crippen LogP contribution is -2.15. The Balaban J connectivity index is 1.54. The lowest BCUT2D eigenvalue weighted by atomic mass is 10.2. The van der Waals surface area contributed by atoms with Gasteiger partial charge in [0.2, 0.25) is 5.91 Å². The van der Waals surface area contributed by atoms with Crippen molar-refractivity contribution in [2.24, 2.45) is 0 Å². The molecule has 0 saturated heterocycles. The molecule has 2 aromatic heterocycles. The Kier molecular flexibility index (Phi) is 6.77. The Morgan fingerprint density at radius 2 is 2.09 bits per heavy atom. The first kappa shape index (κ1) is 21.9. The zero-order valence-corrected chi connectivity index (χ0v) is 18.5. The third kappa shape index (κ3) is 5.12. The number of amides is 1. The van der Waals surface area contributed by atoms with Crippen LogP contribution in [0.15, 0.2) is 70.4 Å². The summed E-state index contributed by atoms with van der Waals surface area (Å²) in [6, 6.07) is 15.2. The van der Waals surface area contributed by atoms with Gasteiger partial charge < -0.3 is 14.5 Å². The number of aromatic nitrogens is 3. The van der Waals surface area contributed by atoms with E-state index in [1.807, 2.05) is 34.9 Å². The number of hydrogen-bond acceptors (Lipinski definition) is 6. The average Bonchev–Trinajstić information content (AvgIpc) is 3.45. The minimum atomic E-state index is -0.546. The summed E-state index contributed by atoms with van der Waals surface area (Å²) < 4.78 is 26.0. The first-order valence-corrected chi connectivity index (χ1v) is 10.9. The van der Waals surface area contributed by atoms with Gasteiger partial charge in [0.1, 0.15) is 17.3 Å². The Morgan fingerprint density at radius 1 is 1.22 bits per heavy atom. The summed E-state index contributed by atoms with van der Waals surface area (Å²) in [5, 5.41) is 11.8. The van der Waals surface area contributed by atoms with Crippen molar-refractivity contribution in [3.8, 4) is 17.1 Å². The summed E-state index contributed by atoms with van der Waals surface area (Å²) in [7, 11) is 1.60. The molecule has 4 aromatic rings. The highest BCUT2D eigenvalue weighted by Gasteiger charge is 2.18. The van der Waals surface area contributed by atoms with Crippen LogP contribution in [-0.2, 0) is 11.3 Å². The fraction of sp³-hybridized carbons (Fsp3) is 0.136. The van der Waals surface area contributed by atoms with Crippen molar-refractivity contribution < 1.29 is 18.3 Å². The molecular weight excluding hydrogens is 455 g/mol. The maximum Gasteiger partial charge on any atom is 0.234 e. The molecule has 2 aromatic carbocycles. The van der Waals surface area contributed by atoms with E-state index in [1.54, 1.807) is 19.4 Å². The van der Waals surface area contributed by atoms with Gasteiger partial charge in [-0.1, -0.05) is 35.5 Å². The zero-order chi connectivity index (χ0) is 22.5. The number of furan rings is 1. The molecule has 0 fully saturated rings. The second kappa shape index (κ2) is 9.88. The van der Waals surface area contributed by atoms with Gasteiger partial charge in [0, 0.05) is 11.3 Å². The summed E-state index contributed by atoms with van der Waals surface area (Å²) in [6.45, 7) is 0.393. The van der Waals surface area contributed by atoms with Crippen LogP contribution in [0.5, 0.6) is 5.75 Å². The fourth-order valence-electron chi connectivity index (χ4n) is 2.97. The van der Waals surface area contributed by atoms with Crippen molar-refractivity contribution in [1.29, 1.82) is 0 Å². The highest BCUT2D eigenvalue weighted by atomic mass is 35.5. The number of carbonyl (C=O) groups excluding carboxylic acids is 1. The van der Waals surface area contributed by atoms with Crippen molar-refractivity contribution in [2.75, 3.05) is 18.2 Å². The number of nitrogens with zero attached hydrogens (tertiary/aromatic N) is 3. The summed E-state index contributed by atoms with van der Waals surface area (Å²) in [5.41, 5.74) is 1.23. The number of methoxy groups -OCH3 is 1. The Bertz CT molecular complexity index is 1230. The van der Waals surface area contributed by atoms with E-state index in [2.05, 4.69) is 15.5 Å². The molecule has 1 amide bonds. The molecule has 164 valence electrons. The molecular formula is C22H18ClFN4O3S. The number of carbonyl (C=O) groups is 1. The molecule has 0 aliphatic rings. The number of rotatable bonds is 8. The van der Waals surface area contributed by atoms with E-state index in [0.717, 1.165) is 11.3 Å². The van der Waals surface area contributed by atoms with Crippen molar-refractivity contribution in [2.45, 2.75) is 11.7 Å². The summed E-state index contributed by atoms with van der Waals surface area (Å²) in [4.78, 5) is 12.4. The van der Waals surface area contributed by atoms with Gasteiger partial charge in [0.15, 0.2) is 11.0 Å². The van der Waals surface area contributed by atoms with Crippen LogP contribution in [0, 0.1) is 5.82 Å². The molecule has 32 heavy (non-hydrogen) atoms. The molecule has 0 aliphatic carbocycles. The molecule has 7 nitrogen and oxygen atoms in total. The van der Waals surface area contributed by atoms with E-state index in [4.69, 9.17) is 20.8 Å². The van der Waals surface area contributed by atoms with Gasteiger partial charge in [-0.15, -0.1) is 10.2 Å². The second-order valence-electron chi connectivity index (χ2n) is 6.67. The number of nitrogens with one attached hydrogen (secondary N) is 1. The van der Waals surface area contributed by atoms with Gasteiger partial charge >= 0.3 is 0 Å². The van der Waals surface area contributed by atoms with Crippen LogP contribution in [0.25, 0.3) is 11.4 Å². The highest BCUT2D eigenvalue weighted by Crippen LogP contribution is 2.28. The van der Waals surface area contributed by atoms with E-state index < -0.39 is 5.82 Å². The smallest absolute Gasteiger partial charge is 0.234 e. The molecule has 0 unspecified atom stereocenters. The predicted octanol–water partition coefficient (Wildman–Crippen LogP) is 5.12. The van der Waals surface area contributed by atoms with Gasteiger partial charge in [0.05, 0.1) is 30.7 Å². The normalized spacial score (nSPS) is 10.8. The first-order valence-electron chi connectivity index (χ1n) is 9.51. The third-order valence-electron chi connectivity index (χ3n) is 4.47. The van der Waals surface area contributed by atoms with E-state index in [-0.39, 0.29) is 16.7 Å². The second-order valence-corrected chi connectivity index (χ2v) is 8.02. The van der Waals surface area contributed by atoms with Crippen molar-refractivity contribution in [1.82, 2.24) is 14.8 Å². The lowest BCUT2D eigenvalue weighted by Gasteiger charge is -2.10. The van der Waals surface area contributed by atoms with Crippen LogP contribution in [0.2, 0.25) is 5.02 Å². The van der Waals surface area contributed by atoms with E-state index >= 15 is 0 Å². The van der Waals surface area contributed by atoms with Crippen molar-refractivity contribution in [3.63, 3.8) is 0 Å². The maximum absolute atomic E-state index is 13.3. The van der Waals surface area contributed by atoms with Gasteiger partial charge in [-0.05, 0) is 42.5 Å². The largest absolute Gasteiger partial charge is 0.497 e. The van der Waals surface area contributed by atoms with Crippen LogP contribution in [0.4, 0.5) is 10.1 Å². The first-order chi connectivity index (χ1) is 15.5. The number of thioether (sulfide) groups is 1. The van der Waals surface area contributed by atoms with E-state index in [0.29, 0.717) is 29.0 Å². The number of benzene rings is 2. The number of anilines is 1. The average molecular weight is 473 g/mol. The quantitative estimate of drug-likeness (QED) is 0.358. The van der Waals surface area contributed by atoms with Crippen LogP contribution in [0.1, 0.15) is 5.76 Å². The molecule has 1 N–H and O–H groups in total. The molecule has 0 spiro atoms. The maximum atomic E-state index is 13.3. The highest BCUT2D eigenvalue weighted by molar-refractivity contribution is 7.99. The monoisotopic (exact) mass is 472 g/mol. The minimum Gasteiger partial charge on any atom is -0.497 e. The molecule has 2 heterocycles. The summed E-state index contributed by atoms with van der Waals surface area (Å²) in [5.74, 6) is 1.28. The van der Waals surface area contributed by atoms with Crippen molar-refractivity contribution >= 4 is 35.0 Å². The Morgan fingerprint density at radius 3 is 2.84 bits per heavy atom. The van der Waals surface area contributed by atoms with E-state index in [9.17, 15) is 9.18 Å². The van der Waals surface area contributed by atoms with Crippen LogP contribution in [0.3, 0.4) is 0 Å². The van der Waals surface area contributed by atoms with Gasteiger partial charge in [0.25, 0.3) is 0 Å². The molecule has 0 radical (unpaired) electrons. The SMILES string of the molecule is COc1cccc(-c2nnc(SCC(=O)Nc3ccc(F)c(Cl)c3)n2Cc2ccco2)c1. The van der Waals surface area contributed by atoms with Gasteiger partial charge in [-0.2, -0.15) is 0 Å². The molecule has 0 aliphatic heterocycles. The summed E-state index contributed by atoms with van der Waals surface area (Å²) >= 11 is 7.00. The molecule has 0 atom stereocenters. The number of ether oxygens (including phenoxy) is 1. The number of halogens is 2. The van der Waals surface area contributed by atoms with Gasteiger partial charge in [-0.25, -0.2) is 4.39 Å². The topological polar surface area (TPSA) is 82.2 Å². The Hall–Kier alpha value is -3.30. The molecule has 4 rings (SSSR count). The third-order valence-corrected chi connectivity index (χ3v) is 5.73. The van der Waals surface area contributed by atoms with E-state index in [1.165, 1.54) is 30.0 Å². The Labute approximate surface area is 192 Å². The van der Waals surface area contributed by atoms with Gasteiger partial charge in [-0.3, -0.25) is 9.36 Å². The summed E-state index contributed by atoms with van der Waals surface area (Å²) in [6.07, 6.45) is 1.60. The number of hydrogen-bond donors (Lipinski definition) is 1. The zero-order valence-electron chi connectivity index (χ0n) is 16.9. The predicted molar refractivity (Wildman–Crippen MR) is 121 cm³/mol. The van der Waals surface area contributed by atoms with Crippen LogP contribution >= 0.6 is 23.4 Å². The van der Waals surface area contributed by atoms with Crippen LogP contribution < -0.4 is 10.1 Å². The standard InChI is InChI=1S/C22H18ClFN4O3S/c1-30-16-5-2-4-14(10-16)21-26-27-22(28(21)12-17-6-3-9-31-17)32-13-20(29)25-15-7-8-19(24)18(23)11-15/h2-11H,12-13H2,1H3,(H,25,29).